The molecule has 0 bridgehead atoms. The highest BCUT2D eigenvalue weighted by Gasteiger charge is 2.44. The Morgan fingerprint density at radius 2 is 2.20 bits per heavy atom. The van der Waals surface area contributed by atoms with Gasteiger partial charge in [0, 0.05) is 23.6 Å². The van der Waals surface area contributed by atoms with Crippen molar-refractivity contribution < 1.29 is 4.74 Å². The summed E-state index contributed by atoms with van der Waals surface area (Å²) in [7, 11) is 0. The Kier molecular flexibility index (Phi) is 3.61. The first kappa shape index (κ1) is 13.3. The molecule has 1 aromatic rings. The van der Waals surface area contributed by atoms with Crippen molar-refractivity contribution in [3.05, 3.63) is 22.4 Å². The summed E-state index contributed by atoms with van der Waals surface area (Å²) in [4.78, 5) is 1.59. The molecule has 0 amide bonds. The number of ether oxygens (including phenoxy) is 1. The second-order valence-corrected chi connectivity index (χ2v) is 7.92. The lowest BCUT2D eigenvalue weighted by Crippen LogP contribution is -2.44. The van der Waals surface area contributed by atoms with Gasteiger partial charge in [-0.05, 0) is 68.2 Å². The maximum Gasteiger partial charge on any atom is 0.0618 e. The molecule has 1 saturated heterocycles. The molecule has 4 rings (SSSR count). The van der Waals surface area contributed by atoms with Crippen LogP contribution in [0, 0.1) is 11.8 Å². The molecule has 110 valence electrons. The van der Waals surface area contributed by atoms with Crippen LogP contribution >= 0.6 is 11.3 Å². The van der Waals surface area contributed by atoms with Gasteiger partial charge < -0.3 is 10.1 Å². The highest BCUT2D eigenvalue weighted by atomic mass is 32.1. The molecule has 0 aromatic carbocycles. The van der Waals surface area contributed by atoms with Gasteiger partial charge in [0.25, 0.3) is 0 Å². The molecule has 2 saturated carbocycles. The fourth-order valence-electron chi connectivity index (χ4n) is 3.87. The topological polar surface area (TPSA) is 21.3 Å². The Labute approximate surface area is 125 Å². The van der Waals surface area contributed by atoms with Crippen LogP contribution in [0.25, 0.3) is 0 Å². The highest BCUT2D eigenvalue weighted by Crippen LogP contribution is 2.51. The minimum absolute atomic E-state index is 0.556. The monoisotopic (exact) mass is 291 g/mol. The molecular formula is C17H25NOS. The van der Waals surface area contributed by atoms with Crippen LogP contribution in [0.5, 0.6) is 0 Å². The molecule has 5 atom stereocenters. The maximum absolute atomic E-state index is 5.93. The summed E-state index contributed by atoms with van der Waals surface area (Å²) in [5.74, 6) is 2.57. The third-order valence-corrected chi connectivity index (χ3v) is 6.36. The largest absolute Gasteiger partial charge is 0.378 e. The summed E-state index contributed by atoms with van der Waals surface area (Å²) in [6, 6.07) is 5.84. The van der Waals surface area contributed by atoms with Crippen LogP contribution in [0.15, 0.2) is 17.5 Å². The zero-order valence-electron chi connectivity index (χ0n) is 12.3. The second-order valence-electron chi connectivity index (χ2n) is 6.94. The smallest absolute Gasteiger partial charge is 0.0618 e. The minimum Gasteiger partial charge on any atom is -0.378 e. The summed E-state index contributed by atoms with van der Waals surface area (Å²) >= 11 is 1.93. The van der Waals surface area contributed by atoms with E-state index in [-0.39, 0.29) is 0 Å². The summed E-state index contributed by atoms with van der Waals surface area (Å²) in [6.07, 6.45) is 7.17. The van der Waals surface area contributed by atoms with E-state index in [4.69, 9.17) is 4.74 Å². The molecule has 0 spiro atoms. The van der Waals surface area contributed by atoms with Gasteiger partial charge in [-0.2, -0.15) is 0 Å². The third kappa shape index (κ3) is 2.81. The van der Waals surface area contributed by atoms with Crippen LogP contribution < -0.4 is 5.32 Å². The van der Waals surface area contributed by atoms with Crippen molar-refractivity contribution in [2.75, 3.05) is 6.61 Å². The molecule has 3 unspecified atom stereocenters. The number of hydrogen-bond donors (Lipinski definition) is 1. The molecular weight excluding hydrogens is 266 g/mol. The van der Waals surface area contributed by atoms with Gasteiger partial charge in [-0.1, -0.05) is 6.07 Å². The van der Waals surface area contributed by atoms with Crippen LogP contribution in [0.2, 0.25) is 0 Å². The molecule has 20 heavy (non-hydrogen) atoms. The highest BCUT2D eigenvalue weighted by molar-refractivity contribution is 7.10. The van der Waals surface area contributed by atoms with E-state index in [0.29, 0.717) is 18.2 Å². The van der Waals surface area contributed by atoms with E-state index in [9.17, 15) is 0 Å². The van der Waals surface area contributed by atoms with Crippen molar-refractivity contribution in [1.29, 1.82) is 0 Å². The summed E-state index contributed by atoms with van der Waals surface area (Å²) in [6.45, 7) is 3.35. The first-order chi connectivity index (χ1) is 9.81. The number of rotatable bonds is 5. The molecule has 1 N–H and O–H groups in total. The van der Waals surface area contributed by atoms with E-state index in [1.807, 2.05) is 11.3 Å². The number of thiophene rings is 1. The van der Waals surface area contributed by atoms with Gasteiger partial charge in [-0.25, -0.2) is 0 Å². The first-order valence-electron chi connectivity index (χ1n) is 8.22. The normalized spacial score (nSPS) is 38.6. The molecule has 1 aliphatic heterocycles. The van der Waals surface area contributed by atoms with Crippen molar-refractivity contribution in [3.63, 3.8) is 0 Å². The lowest BCUT2D eigenvalue weighted by molar-refractivity contribution is -0.0129. The Hall–Kier alpha value is -0.380. The fraction of sp³-hybridized carbons (Fsp3) is 0.765. The molecule has 1 aromatic heterocycles. The predicted molar refractivity (Wildman–Crippen MR) is 83.3 cm³/mol. The van der Waals surface area contributed by atoms with Gasteiger partial charge in [-0.3, -0.25) is 0 Å². The van der Waals surface area contributed by atoms with Gasteiger partial charge >= 0.3 is 0 Å². The van der Waals surface area contributed by atoms with Crippen LogP contribution in [-0.4, -0.2) is 24.8 Å². The first-order valence-corrected chi connectivity index (χ1v) is 9.10. The average molecular weight is 291 g/mol. The quantitative estimate of drug-likeness (QED) is 0.891. The molecule has 2 aliphatic carbocycles. The number of hydrogen-bond acceptors (Lipinski definition) is 3. The Morgan fingerprint density at radius 1 is 1.30 bits per heavy atom. The molecule has 3 heteroatoms. The van der Waals surface area contributed by atoms with Crippen molar-refractivity contribution in [2.45, 2.75) is 63.1 Å². The average Bonchev–Trinajstić information content (AvgIpc) is 3.38. The number of nitrogens with one attached hydrogen (secondary N) is 1. The zero-order valence-corrected chi connectivity index (χ0v) is 13.1. The molecule has 0 radical (unpaired) electrons. The summed E-state index contributed by atoms with van der Waals surface area (Å²) in [5, 5.41) is 6.12. The van der Waals surface area contributed by atoms with Gasteiger partial charge in [0.15, 0.2) is 0 Å². The SMILES string of the molecule is CC(NC1CCOC(C2CC2)C1)[C@@H]1C[C@H]1c1cccs1. The standard InChI is InChI=1S/C17H25NOS/c1-11(14-10-15(14)17-3-2-8-20-17)18-13-6-7-19-16(9-13)12-4-5-12/h2-3,8,11-16,18H,4-7,9-10H2,1H3/t11?,13?,14-,15+,16?/m0/s1. The van der Waals surface area contributed by atoms with E-state index in [0.717, 1.165) is 24.4 Å². The van der Waals surface area contributed by atoms with Crippen molar-refractivity contribution in [1.82, 2.24) is 5.32 Å². The van der Waals surface area contributed by atoms with Crippen LogP contribution in [0.3, 0.4) is 0 Å². The molecule has 3 fully saturated rings. The Morgan fingerprint density at radius 3 is 2.95 bits per heavy atom. The fourth-order valence-corrected chi connectivity index (χ4v) is 4.79. The van der Waals surface area contributed by atoms with Gasteiger partial charge in [0.05, 0.1) is 6.10 Å². The lowest BCUT2D eigenvalue weighted by Gasteiger charge is -2.32. The van der Waals surface area contributed by atoms with E-state index in [1.165, 1.54) is 32.1 Å². The molecule has 2 nitrogen and oxygen atoms in total. The summed E-state index contributed by atoms with van der Waals surface area (Å²) < 4.78 is 5.93. The van der Waals surface area contributed by atoms with Crippen molar-refractivity contribution in [3.8, 4) is 0 Å². The minimum atomic E-state index is 0.556. The predicted octanol–water partition coefficient (Wildman–Crippen LogP) is 3.79. The third-order valence-electron chi connectivity index (χ3n) is 5.35. The lowest BCUT2D eigenvalue weighted by atomic mass is 9.98. The van der Waals surface area contributed by atoms with Gasteiger partial charge in [-0.15, -0.1) is 11.3 Å². The second kappa shape index (κ2) is 5.43. The van der Waals surface area contributed by atoms with E-state index < -0.39 is 0 Å². The van der Waals surface area contributed by atoms with Crippen molar-refractivity contribution >= 4 is 11.3 Å². The molecule has 2 heterocycles. The van der Waals surface area contributed by atoms with Crippen molar-refractivity contribution in [2.24, 2.45) is 11.8 Å². The van der Waals surface area contributed by atoms with E-state index >= 15 is 0 Å². The Bertz CT molecular complexity index is 442. The Balaban J connectivity index is 1.28. The van der Waals surface area contributed by atoms with Crippen LogP contribution in [-0.2, 0) is 4.74 Å². The van der Waals surface area contributed by atoms with Gasteiger partial charge in [0.1, 0.15) is 0 Å². The zero-order chi connectivity index (χ0) is 13.5. The van der Waals surface area contributed by atoms with E-state index in [2.05, 4.69) is 29.8 Å². The molecule has 3 aliphatic rings. The van der Waals surface area contributed by atoms with Gasteiger partial charge in [0.2, 0.25) is 0 Å². The summed E-state index contributed by atoms with van der Waals surface area (Å²) in [5.41, 5.74) is 0. The van der Waals surface area contributed by atoms with E-state index in [1.54, 1.807) is 4.88 Å². The van der Waals surface area contributed by atoms with Crippen LogP contribution in [0.4, 0.5) is 0 Å². The maximum atomic E-state index is 5.93. The van der Waals surface area contributed by atoms with Crippen LogP contribution in [0.1, 0.15) is 49.8 Å².